The Morgan fingerprint density at radius 3 is 2.47 bits per heavy atom. The van der Waals surface area contributed by atoms with Gasteiger partial charge in [-0.2, -0.15) is 0 Å². The number of ether oxygens (including phenoxy) is 2. The Kier molecular flexibility index (Phi) is 4.42. The van der Waals surface area contributed by atoms with Crippen LogP contribution in [0.15, 0.2) is 48.5 Å². The molecule has 100 valence electrons. The first-order chi connectivity index (χ1) is 9.20. The predicted octanol–water partition coefficient (Wildman–Crippen LogP) is 3.12. The summed E-state index contributed by atoms with van der Waals surface area (Å²) in [6, 6.07) is 15.2. The molecule has 0 radical (unpaired) electrons. The Morgan fingerprint density at radius 2 is 1.79 bits per heavy atom. The Labute approximate surface area is 113 Å². The SMILES string of the molecule is COc1ccccc1OCC(O)c1cccc(C)c1. The van der Waals surface area contributed by atoms with Gasteiger partial charge in [0.25, 0.3) is 0 Å². The lowest BCUT2D eigenvalue weighted by Crippen LogP contribution is -2.10. The van der Waals surface area contributed by atoms with Crippen molar-refractivity contribution in [2.24, 2.45) is 0 Å². The van der Waals surface area contributed by atoms with Gasteiger partial charge in [-0.25, -0.2) is 0 Å². The zero-order chi connectivity index (χ0) is 13.7. The van der Waals surface area contributed by atoms with Gasteiger partial charge in [0.2, 0.25) is 0 Å². The van der Waals surface area contributed by atoms with Crippen LogP contribution in [-0.4, -0.2) is 18.8 Å². The summed E-state index contributed by atoms with van der Waals surface area (Å²) in [6.07, 6.45) is -0.648. The van der Waals surface area contributed by atoms with E-state index in [1.165, 1.54) is 0 Å². The first kappa shape index (κ1) is 13.4. The molecule has 1 N–H and O–H groups in total. The molecule has 0 amide bonds. The van der Waals surface area contributed by atoms with Crippen LogP contribution < -0.4 is 9.47 Å². The Bertz CT molecular complexity index is 537. The molecular weight excluding hydrogens is 240 g/mol. The van der Waals surface area contributed by atoms with E-state index in [0.717, 1.165) is 11.1 Å². The number of hydrogen-bond acceptors (Lipinski definition) is 3. The maximum absolute atomic E-state index is 10.1. The van der Waals surface area contributed by atoms with E-state index in [9.17, 15) is 5.11 Å². The summed E-state index contributed by atoms with van der Waals surface area (Å²) in [5, 5.41) is 10.1. The second-order valence-corrected chi connectivity index (χ2v) is 4.39. The third-order valence-corrected chi connectivity index (χ3v) is 2.89. The molecule has 0 aromatic heterocycles. The minimum Gasteiger partial charge on any atom is -0.493 e. The van der Waals surface area contributed by atoms with E-state index in [-0.39, 0.29) is 6.61 Å². The van der Waals surface area contributed by atoms with Crippen LogP contribution in [0.4, 0.5) is 0 Å². The molecule has 0 aliphatic rings. The monoisotopic (exact) mass is 258 g/mol. The van der Waals surface area contributed by atoms with E-state index in [1.54, 1.807) is 7.11 Å². The van der Waals surface area contributed by atoms with Gasteiger partial charge in [0, 0.05) is 0 Å². The highest BCUT2D eigenvalue weighted by atomic mass is 16.5. The Balaban J connectivity index is 2.02. The van der Waals surface area contributed by atoms with E-state index >= 15 is 0 Å². The largest absolute Gasteiger partial charge is 0.493 e. The lowest BCUT2D eigenvalue weighted by molar-refractivity contribution is 0.106. The summed E-state index contributed by atoms with van der Waals surface area (Å²) in [6.45, 7) is 2.20. The number of rotatable bonds is 5. The molecule has 0 aliphatic carbocycles. The topological polar surface area (TPSA) is 38.7 Å². The number of benzene rings is 2. The van der Waals surface area contributed by atoms with Crippen LogP contribution in [0.3, 0.4) is 0 Å². The van der Waals surface area contributed by atoms with Gasteiger partial charge in [0.15, 0.2) is 11.5 Å². The third-order valence-electron chi connectivity index (χ3n) is 2.89. The fraction of sp³-hybridized carbons (Fsp3) is 0.250. The molecule has 0 saturated carbocycles. The van der Waals surface area contributed by atoms with Crippen molar-refractivity contribution >= 4 is 0 Å². The van der Waals surface area contributed by atoms with Crippen molar-refractivity contribution in [3.63, 3.8) is 0 Å². The third kappa shape index (κ3) is 3.48. The van der Waals surface area contributed by atoms with Crippen LogP contribution in [0.5, 0.6) is 11.5 Å². The molecule has 1 unspecified atom stereocenters. The number of aliphatic hydroxyl groups is 1. The van der Waals surface area contributed by atoms with Gasteiger partial charge in [0.05, 0.1) is 7.11 Å². The van der Waals surface area contributed by atoms with Gasteiger partial charge in [-0.05, 0) is 24.6 Å². The molecule has 0 fully saturated rings. The number of hydrogen-bond donors (Lipinski definition) is 1. The van der Waals surface area contributed by atoms with Gasteiger partial charge in [-0.15, -0.1) is 0 Å². The highest BCUT2D eigenvalue weighted by Crippen LogP contribution is 2.27. The molecular formula is C16H18O3. The fourth-order valence-electron chi connectivity index (χ4n) is 1.88. The molecule has 1 atom stereocenters. The molecule has 3 heteroatoms. The smallest absolute Gasteiger partial charge is 0.161 e. The molecule has 0 saturated heterocycles. The second kappa shape index (κ2) is 6.25. The number of para-hydroxylation sites is 2. The Hall–Kier alpha value is -2.00. The van der Waals surface area contributed by atoms with E-state index in [1.807, 2.05) is 55.5 Å². The molecule has 2 aromatic carbocycles. The van der Waals surface area contributed by atoms with Gasteiger partial charge in [-0.1, -0.05) is 42.0 Å². The quantitative estimate of drug-likeness (QED) is 0.895. The highest BCUT2D eigenvalue weighted by Gasteiger charge is 2.10. The van der Waals surface area contributed by atoms with Crippen molar-refractivity contribution in [3.8, 4) is 11.5 Å². The fourth-order valence-corrected chi connectivity index (χ4v) is 1.88. The zero-order valence-corrected chi connectivity index (χ0v) is 11.2. The van der Waals surface area contributed by atoms with Crippen molar-refractivity contribution < 1.29 is 14.6 Å². The van der Waals surface area contributed by atoms with E-state index in [2.05, 4.69) is 0 Å². The van der Waals surface area contributed by atoms with Crippen molar-refractivity contribution in [2.45, 2.75) is 13.0 Å². The number of aliphatic hydroxyl groups excluding tert-OH is 1. The van der Waals surface area contributed by atoms with Gasteiger partial charge >= 0.3 is 0 Å². The summed E-state index contributed by atoms with van der Waals surface area (Å²) in [5.41, 5.74) is 1.98. The van der Waals surface area contributed by atoms with Gasteiger partial charge in [-0.3, -0.25) is 0 Å². The minimum atomic E-state index is -0.648. The molecule has 2 aromatic rings. The average Bonchev–Trinajstić information content (AvgIpc) is 2.45. The van der Waals surface area contributed by atoms with E-state index < -0.39 is 6.10 Å². The first-order valence-corrected chi connectivity index (χ1v) is 6.21. The maximum Gasteiger partial charge on any atom is 0.161 e. The van der Waals surface area contributed by atoms with Gasteiger partial charge < -0.3 is 14.6 Å². The highest BCUT2D eigenvalue weighted by molar-refractivity contribution is 5.39. The summed E-state index contributed by atoms with van der Waals surface area (Å²) in [4.78, 5) is 0. The van der Waals surface area contributed by atoms with Crippen molar-refractivity contribution in [1.82, 2.24) is 0 Å². The first-order valence-electron chi connectivity index (χ1n) is 6.21. The summed E-state index contributed by atoms with van der Waals surface area (Å²) in [7, 11) is 1.60. The van der Waals surface area contributed by atoms with E-state index in [4.69, 9.17) is 9.47 Å². The molecule has 3 nitrogen and oxygen atoms in total. The zero-order valence-electron chi connectivity index (χ0n) is 11.2. The van der Waals surface area contributed by atoms with Crippen LogP contribution in [-0.2, 0) is 0 Å². The van der Waals surface area contributed by atoms with Crippen LogP contribution in [0.25, 0.3) is 0 Å². The molecule has 0 spiro atoms. The minimum absolute atomic E-state index is 0.198. The van der Waals surface area contributed by atoms with Crippen molar-refractivity contribution in [3.05, 3.63) is 59.7 Å². The van der Waals surface area contributed by atoms with Crippen LogP contribution >= 0.6 is 0 Å². The summed E-state index contributed by atoms with van der Waals surface area (Å²) >= 11 is 0. The van der Waals surface area contributed by atoms with Crippen LogP contribution in [0.2, 0.25) is 0 Å². The normalized spacial score (nSPS) is 11.9. The summed E-state index contributed by atoms with van der Waals surface area (Å²) in [5.74, 6) is 1.30. The number of aryl methyl sites for hydroxylation is 1. The van der Waals surface area contributed by atoms with Crippen molar-refractivity contribution in [1.29, 1.82) is 0 Å². The molecule has 0 bridgehead atoms. The van der Waals surface area contributed by atoms with Crippen LogP contribution in [0.1, 0.15) is 17.2 Å². The average molecular weight is 258 g/mol. The van der Waals surface area contributed by atoms with E-state index in [0.29, 0.717) is 11.5 Å². The predicted molar refractivity (Wildman–Crippen MR) is 74.6 cm³/mol. The molecule has 0 heterocycles. The molecule has 0 aliphatic heterocycles. The van der Waals surface area contributed by atoms with Crippen molar-refractivity contribution in [2.75, 3.05) is 13.7 Å². The van der Waals surface area contributed by atoms with Gasteiger partial charge in [0.1, 0.15) is 12.7 Å². The Morgan fingerprint density at radius 1 is 1.05 bits per heavy atom. The lowest BCUT2D eigenvalue weighted by Gasteiger charge is -2.15. The molecule has 19 heavy (non-hydrogen) atoms. The second-order valence-electron chi connectivity index (χ2n) is 4.39. The summed E-state index contributed by atoms with van der Waals surface area (Å²) < 4.78 is 10.8. The molecule has 2 rings (SSSR count). The number of methoxy groups -OCH3 is 1. The standard InChI is InChI=1S/C16H18O3/c1-12-6-5-7-13(10-12)14(17)11-19-16-9-4-3-8-15(16)18-2/h3-10,14,17H,11H2,1-2H3. The maximum atomic E-state index is 10.1. The van der Waals surface area contributed by atoms with Crippen LogP contribution in [0, 0.1) is 6.92 Å². The lowest BCUT2D eigenvalue weighted by atomic mass is 10.1.